The molecule has 3 nitrogen and oxygen atoms in total. The minimum atomic E-state index is -0.584. The first-order valence-corrected chi connectivity index (χ1v) is 2.82. The van der Waals surface area contributed by atoms with Crippen molar-refractivity contribution in [2.75, 3.05) is 6.54 Å². The lowest BCUT2D eigenvalue weighted by Crippen LogP contribution is -2.46. The normalized spacial score (nSPS) is 47.6. The molecule has 0 aliphatic carbocycles. The average molecular weight is 116 g/mol. The van der Waals surface area contributed by atoms with Gasteiger partial charge in [0.2, 0.25) is 0 Å². The van der Waals surface area contributed by atoms with Crippen LogP contribution in [0.2, 0.25) is 0 Å². The summed E-state index contributed by atoms with van der Waals surface area (Å²) in [4.78, 5) is 0. The lowest BCUT2D eigenvalue weighted by atomic mass is 10.4. The van der Waals surface area contributed by atoms with Crippen molar-refractivity contribution >= 4 is 0 Å². The third-order valence-corrected chi connectivity index (χ3v) is 1.19. The zero-order valence-corrected chi connectivity index (χ0v) is 5.27. The number of rotatable bonds is 0. The van der Waals surface area contributed by atoms with Crippen LogP contribution in [-0.4, -0.2) is 18.5 Å². The van der Waals surface area contributed by atoms with E-state index >= 15 is 0 Å². The monoisotopic (exact) mass is 116 g/mol. The van der Waals surface area contributed by atoms with E-state index in [-0.39, 0.29) is 6.10 Å². The van der Waals surface area contributed by atoms with Gasteiger partial charge in [-0.25, -0.2) is 0 Å². The highest BCUT2D eigenvalue weighted by atomic mass is 16.5. The van der Waals surface area contributed by atoms with Crippen LogP contribution in [-0.2, 0) is 4.74 Å². The van der Waals surface area contributed by atoms with E-state index in [4.69, 9.17) is 10.5 Å². The summed E-state index contributed by atoms with van der Waals surface area (Å²) < 4.78 is 5.22. The fourth-order valence-electron chi connectivity index (χ4n) is 0.848. The average Bonchev–Trinajstić information content (AvgIpc) is 1.82. The zero-order chi connectivity index (χ0) is 6.20. The van der Waals surface area contributed by atoms with Gasteiger partial charge in [0.15, 0.2) is 5.85 Å². The van der Waals surface area contributed by atoms with Crippen molar-refractivity contribution in [2.45, 2.75) is 25.8 Å². The fraction of sp³-hybridized carbons (Fsp3) is 1.00. The molecular weight excluding hydrogens is 104 g/mol. The second kappa shape index (κ2) is 1.69. The molecule has 1 fully saturated rings. The highest BCUT2D eigenvalue weighted by Gasteiger charge is 2.28. The van der Waals surface area contributed by atoms with Gasteiger partial charge in [0, 0.05) is 6.54 Å². The third kappa shape index (κ3) is 1.18. The molecular formula is C5H12N2O. The van der Waals surface area contributed by atoms with E-state index < -0.39 is 5.85 Å². The quantitative estimate of drug-likeness (QED) is 0.454. The lowest BCUT2D eigenvalue weighted by molar-refractivity contribution is -0.0248. The Morgan fingerprint density at radius 2 is 2.50 bits per heavy atom. The highest BCUT2D eigenvalue weighted by Crippen LogP contribution is 2.08. The van der Waals surface area contributed by atoms with Crippen LogP contribution in [0.3, 0.4) is 0 Å². The first-order chi connectivity index (χ1) is 3.60. The van der Waals surface area contributed by atoms with Gasteiger partial charge in [-0.05, 0) is 13.8 Å². The Morgan fingerprint density at radius 3 is 2.62 bits per heavy atom. The van der Waals surface area contributed by atoms with Crippen molar-refractivity contribution in [1.29, 1.82) is 0 Å². The van der Waals surface area contributed by atoms with Crippen molar-refractivity contribution < 1.29 is 4.74 Å². The molecule has 3 heteroatoms. The molecule has 1 rings (SSSR count). The summed E-state index contributed by atoms with van der Waals surface area (Å²) in [5.74, 6) is -0.584. The Kier molecular flexibility index (Phi) is 1.27. The summed E-state index contributed by atoms with van der Waals surface area (Å²) in [6.07, 6.45) is 0.255. The first kappa shape index (κ1) is 6.01. The summed E-state index contributed by atoms with van der Waals surface area (Å²) in [6.45, 7) is 4.66. The molecule has 1 aliphatic rings. The van der Waals surface area contributed by atoms with E-state index in [9.17, 15) is 0 Å². The second-order valence-electron chi connectivity index (χ2n) is 2.42. The number of hydrogen-bond donors (Lipinski definition) is 2. The molecule has 0 radical (unpaired) electrons. The van der Waals surface area contributed by atoms with E-state index in [1.54, 1.807) is 0 Å². The standard InChI is InChI=1S/C5H12N2O/c1-4-3-7-5(2,6)8-4/h4,7H,3,6H2,1-2H3/t4-,5?/m0/s1. The van der Waals surface area contributed by atoms with Gasteiger partial charge in [-0.3, -0.25) is 11.1 Å². The molecule has 1 unspecified atom stereocenters. The SMILES string of the molecule is C[C@H]1CNC(C)(N)O1. The molecule has 0 aromatic rings. The van der Waals surface area contributed by atoms with Crippen LogP contribution >= 0.6 is 0 Å². The van der Waals surface area contributed by atoms with Gasteiger partial charge in [-0.2, -0.15) is 0 Å². The van der Waals surface area contributed by atoms with Crippen molar-refractivity contribution in [3.63, 3.8) is 0 Å². The molecule has 0 spiro atoms. The van der Waals surface area contributed by atoms with Crippen molar-refractivity contribution in [3.05, 3.63) is 0 Å². The third-order valence-electron chi connectivity index (χ3n) is 1.19. The molecule has 3 N–H and O–H groups in total. The molecule has 0 aromatic carbocycles. The van der Waals surface area contributed by atoms with Crippen LogP contribution in [0.4, 0.5) is 0 Å². The highest BCUT2D eigenvalue weighted by molar-refractivity contribution is 4.75. The van der Waals surface area contributed by atoms with Crippen LogP contribution in [0.25, 0.3) is 0 Å². The summed E-state index contributed by atoms with van der Waals surface area (Å²) in [6, 6.07) is 0. The molecule has 48 valence electrons. The van der Waals surface area contributed by atoms with Crippen molar-refractivity contribution in [2.24, 2.45) is 5.73 Å². The first-order valence-electron chi connectivity index (χ1n) is 2.82. The minimum Gasteiger partial charge on any atom is -0.343 e. The lowest BCUT2D eigenvalue weighted by Gasteiger charge is -2.16. The molecule has 1 heterocycles. The predicted molar refractivity (Wildman–Crippen MR) is 31.1 cm³/mol. The largest absolute Gasteiger partial charge is 0.343 e. The van der Waals surface area contributed by atoms with E-state index in [0.717, 1.165) is 6.54 Å². The Hall–Kier alpha value is -0.120. The smallest absolute Gasteiger partial charge is 0.169 e. The predicted octanol–water partition coefficient (Wildman–Crippen LogP) is -0.373. The van der Waals surface area contributed by atoms with Crippen LogP contribution in [0.1, 0.15) is 13.8 Å². The van der Waals surface area contributed by atoms with Gasteiger partial charge in [0.1, 0.15) is 0 Å². The van der Waals surface area contributed by atoms with Gasteiger partial charge < -0.3 is 4.74 Å². The summed E-state index contributed by atoms with van der Waals surface area (Å²) >= 11 is 0. The molecule has 1 saturated heterocycles. The number of ether oxygens (including phenoxy) is 1. The maximum absolute atomic E-state index is 5.53. The van der Waals surface area contributed by atoms with Crippen LogP contribution < -0.4 is 11.1 Å². The van der Waals surface area contributed by atoms with E-state index in [1.165, 1.54) is 0 Å². The Balaban J connectivity index is 2.44. The minimum absolute atomic E-state index is 0.255. The zero-order valence-electron chi connectivity index (χ0n) is 5.27. The van der Waals surface area contributed by atoms with Crippen LogP contribution in [0, 0.1) is 0 Å². The van der Waals surface area contributed by atoms with E-state index in [0.29, 0.717) is 0 Å². The molecule has 1 aliphatic heterocycles. The Bertz CT molecular complexity index is 92.4. The molecule has 2 atom stereocenters. The Morgan fingerprint density at radius 1 is 1.88 bits per heavy atom. The Labute approximate surface area is 49.2 Å². The number of nitrogens with one attached hydrogen (secondary N) is 1. The van der Waals surface area contributed by atoms with Crippen molar-refractivity contribution in [1.82, 2.24) is 5.32 Å². The maximum Gasteiger partial charge on any atom is 0.169 e. The molecule has 0 bridgehead atoms. The molecule has 0 aromatic heterocycles. The van der Waals surface area contributed by atoms with Gasteiger partial charge >= 0.3 is 0 Å². The summed E-state index contributed by atoms with van der Waals surface area (Å²) in [5.41, 5.74) is 5.53. The molecule has 0 amide bonds. The van der Waals surface area contributed by atoms with Crippen molar-refractivity contribution in [3.8, 4) is 0 Å². The van der Waals surface area contributed by atoms with E-state index in [2.05, 4.69) is 5.32 Å². The van der Waals surface area contributed by atoms with Crippen LogP contribution in [0.15, 0.2) is 0 Å². The summed E-state index contributed by atoms with van der Waals surface area (Å²) in [7, 11) is 0. The van der Waals surface area contributed by atoms with E-state index in [1.807, 2.05) is 13.8 Å². The number of hydrogen-bond acceptors (Lipinski definition) is 3. The van der Waals surface area contributed by atoms with Crippen LogP contribution in [0.5, 0.6) is 0 Å². The summed E-state index contributed by atoms with van der Waals surface area (Å²) in [5, 5.41) is 3.00. The maximum atomic E-state index is 5.53. The molecule has 8 heavy (non-hydrogen) atoms. The van der Waals surface area contributed by atoms with Gasteiger partial charge in [-0.15, -0.1) is 0 Å². The molecule has 0 saturated carbocycles. The van der Waals surface area contributed by atoms with Gasteiger partial charge in [-0.1, -0.05) is 0 Å². The number of nitrogens with two attached hydrogens (primary N) is 1. The fourth-order valence-corrected chi connectivity index (χ4v) is 0.848. The van der Waals surface area contributed by atoms with Gasteiger partial charge in [0.25, 0.3) is 0 Å². The topological polar surface area (TPSA) is 47.3 Å². The van der Waals surface area contributed by atoms with Gasteiger partial charge in [0.05, 0.1) is 6.10 Å². The second-order valence-corrected chi connectivity index (χ2v) is 2.42.